The first-order valence-electron chi connectivity index (χ1n) is 5.79. The maximum Gasteiger partial charge on any atom is 0.240 e. The largest absolute Gasteiger partial charge is 0.339 e. The predicted molar refractivity (Wildman–Crippen MR) is 64.8 cm³/mol. The molecule has 4 nitrogen and oxygen atoms in total. The van der Waals surface area contributed by atoms with Crippen LogP contribution in [0, 0.1) is 17.2 Å². The highest BCUT2D eigenvalue weighted by atomic mass is 16.2. The number of hydrogen-bond acceptors (Lipinski definition) is 3. The molecule has 0 rings (SSSR count). The summed E-state index contributed by atoms with van der Waals surface area (Å²) in [4.78, 5) is 11.9. The van der Waals surface area contributed by atoms with Gasteiger partial charge >= 0.3 is 0 Å². The maximum atomic E-state index is 11.9. The minimum atomic E-state index is -0.630. The SMILES string of the molecule is CCC(C#N)NC(=O)C(C)(C)NCC(C)C. The van der Waals surface area contributed by atoms with Crippen LogP contribution in [0.25, 0.3) is 0 Å². The maximum absolute atomic E-state index is 11.9. The molecule has 0 aromatic carbocycles. The third-order valence-electron chi connectivity index (χ3n) is 2.39. The summed E-state index contributed by atoms with van der Waals surface area (Å²) in [6.07, 6.45) is 0.627. The van der Waals surface area contributed by atoms with E-state index in [2.05, 4.69) is 30.6 Å². The van der Waals surface area contributed by atoms with Crippen LogP contribution in [0.5, 0.6) is 0 Å². The van der Waals surface area contributed by atoms with Crippen molar-refractivity contribution in [1.29, 1.82) is 5.26 Å². The van der Waals surface area contributed by atoms with Crippen LogP contribution >= 0.6 is 0 Å². The number of rotatable bonds is 6. The summed E-state index contributed by atoms with van der Waals surface area (Å²) in [5, 5.41) is 14.7. The first kappa shape index (κ1) is 14.9. The number of hydrogen-bond donors (Lipinski definition) is 2. The summed E-state index contributed by atoms with van der Waals surface area (Å²) in [5.74, 6) is 0.367. The monoisotopic (exact) mass is 225 g/mol. The molecule has 0 aliphatic carbocycles. The number of carbonyl (C=O) groups excluding carboxylic acids is 1. The average molecular weight is 225 g/mol. The molecule has 2 N–H and O–H groups in total. The smallest absolute Gasteiger partial charge is 0.240 e. The van der Waals surface area contributed by atoms with Gasteiger partial charge in [0.25, 0.3) is 0 Å². The first-order chi connectivity index (χ1) is 7.33. The number of carbonyl (C=O) groups is 1. The van der Waals surface area contributed by atoms with Crippen LogP contribution in [0.1, 0.15) is 41.0 Å². The van der Waals surface area contributed by atoms with Crippen LogP contribution in [0.4, 0.5) is 0 Å². The van der Waals surface area contributed by atoms with Gasteiger partial charge in [-0.1, -0.05) is 20.8 Å². The number of nitrogens with zero attached hydrogens (tertiary/aromatic N) is 1. The van der Waals surface area contributed by atoms with Gasteiger partial charge in [0.2, 0.25) is 5.91 Å². The lowest BCUT2D eigenvalue weighted by atomic mass is 10.0. The van der Waals surface area contributed by atoms with Gasteiger partial charge in [0.05, 0.1) is 11.6 Å². The summed E-state index contributed by atoms with van der Waals surface area (Å²) < 4.78 is 0. The lowest BCUT2D eigenvalue weighted by molar-refractivity contribution is -0.126. The first-order valence-corrected chi connectivity index (χ1v) is 5.79. The molecule has 0 aliphatic heterocycles. The van der Waals surface area contributed by atoms with Crippen LogP contribution in [0.2, 0.25) is 0 Å². The summed E-state index contributed by atoms with van der Waals surface area (Å²) in [6.45, 7) is 10.5. The molecule has 0 bridgehead atoms. The second-order valence-electron chi connectivity index (χ2n) is 4.96. The third-order valence-corrected chi connectivity index (χ3v) is 2.39. The van der Waals surface area contributed by atoms with Gasteiger partial charge in [-0.15, -0.1) is 0 Å². The molecule has 0 aliphatic rings. The van der Waals surface area contributed by atoms with Crippen molar-refractivity contribution in [2.75, 3.05) is 6.54 Å². The van der Waals surface area contributed by atoms with E-state index in [1.807, 2.05) is 20.8 Å². The van der Waals surface area contributed by atoms with E-state index >= 15 is 0 Å². The molecule has 0 spiro atoms. The van der Waals surface area contributed by atoms with Gasteiger partial charge in [-0.05, 0) is 32.7 Å². The van der Waals surface area contributed by atoms with Crippen molar-refractivity contribution >= 4 is 5.91 Å². The van der Waals surface area contributed by atoms with Crippen LogP contribution in [-0.2, 0) is 4.79 Å². The predicted octanol–water partition coefficient (Wildman–Crippen LogP) is 1.43. The highest BCUT2D eigenvalue weighted by Crippen LogP contribution is 2.05. The Hall–Kier alpha value is -1.08. The molecule has 0 saturated heterocycles. The number of amides is 1. The second-order valence-corrected chi connectivity index (χ2v) is 4.96. The highest BCUT2D eigenvalue weighted by molar-refractivity contribution is 5.85. The lowest BCUT2D eigenvalue weighted by Gasteiger charge is -2.27. The summed E-state index contributed by atoms with van der Waals surface area (Å²) >= 11 is 0. The molecular weight excluding hydrogens is 202 g/mol. The van der Waals surface area contributed by atoms with E-state index in [9.17, 15) is 4.79 Å². The van der Waals surface area contributed by atoms with E-state index in [4.69, 9.17) is 5.26 Å². The van der Waals surface area contributed by atoms with E-state index in [0.717, 1.165) is 6.54 Å². The molecule has 0 heterocycles. The zero-order valence-electron chi connectivity index (χ0n) is 10.9. The van der Waals surface area contributed by atoms with Gasteiger partial charge in [0, 0.05) is 0 Å². The fourth-order valence-electron chi connectivity index (χ4n) is 1.10. The standard InChI is InChI=1S/C12H23N3O/c1-6-10(7-13)15-11(16)12(4,5)14-8-9(2)3/h9-10,14H,6,8H2,1-5H3,(H,15,16). The molecular formula is C12H23N3O. The fourth-order valence-corrected chi connectivity index (χ4v) is 1.10. The Morgan fingerprint density at radius 3 is 2.38 bits per heavy atom. The van der Waals surface area contributed by atoms with Gasteiger partial charge in [-0.25, -0.2) is 0 Å². The minimum Gasteiger partial charge on any atom is -0.339 e. The Labute approximate surface area is 98.4 Å². The molecule has 0 saturated carbocycles. The fraction of sp³-hybridized carbons (Fsp3) is 0.833. The normalized spacial score (nSPS) is 13.3. The average Bonchev–Trinajstić information content (AvgIpc) is 2.22. The molecule has 0 fully saturated rings. The van der Waals surface area contributed by atoms with Crippen LogP contribution in [0.3, 0.4) is 0 Å². The van der Waals surface area contributed by atoms with E-state index < -0.39 is 11.6 Å². The lowest BCUT2D eigenvalue weighted by Crippen LogP contribution is -2.55. The van der Waals surface area contributed by atoms with Crippen molar-refractivity contribution in [3.8, 4) is 6.07 Å². The van der Waals surface area contributed by atoms with Crippen molar-refractivity contribution in [2.24, 2.45) is 5.92 Å². The van der Waals surface area contributed by atoms with Crippen LogP contribution < -0.4 is 10.6 Å². The Balaban J connectivity index is 4.29. The zero-order chi connectivity index (χ0) is 12.8. The highest BCUT2D eigenvalue weighted by Gasteiger charge is 2.28. The molecule has 1 amide bonds. The zero-order valence-corrected chi connectivity index (χ0v) is 10.9. The van der Waals surface area contributed by atoms with E-state index in [1.54, 1.807) is 0 Å². The minimum absolute atomic E-state index is 0.124. The molecule has 1 unspecified atom stereocenters. The molecule has 0 radical (unpaired) electrons. The Morgan fingerprint density at radius 1 is 1.44 bits per heavy atom. The van der Waals surface area contributed by atoms with Gasteiger partial charge in [0.1, 0.15) is 6.04 Å². The van der Waals surface area contributed by atoms with Gasteiger partial charge < -0.3 is 10.6 Å². The molecule has 0 aromatic heterocycles. The molecule has 1 atom stereocenters. The summed E-state index contributed by atoms with van der Waals surface area (Å²) in [7, 11) is 0. The van der Waals surface area contributed by atoms with Crippen molar-refractivity contribution in [2.45, 2.75) is 52.6 Å². The Morgan fingerprint density at radius 2 is 2.00 bits per heavy atom. The van der Waals surface area contributed by atoms with Crippen LogP contribution in [-0.4, -0.2) is 24.0 Å². The van der Waals surface area contributed by atoms with E-state index in [0.29, 0.717) is 12.3 Å². The molecule has 92 valence electrons. The van der Waals surface area contributed by atoms with E-state index in [-0.39, 0.29) is 5.91 Å². The van der Waals surface area contributed by atoms with Crippen molar-refractivity contribution in [1.82, 2.24) is 10.6 Å². The van der Waals surface area contributed by atoms with E-state index in [1.165, 1.54) is 0 Å². The summed E-state index contributed by atoms with van der Waals surface area (Å²) in [6, 6.07) is 1.66. The van der Waals surface area contributed by atoms with Crippen LogP contribution in [0.15, 0.2) is 0 Å². The topological polar surface area (TPSA) is 64.9 Å². The Bertz CT molecular complexity index is 266. The molecule has 0 aromatic rings. The molecule has 4 heteroatoms. The van der Waals surface area contributed by atoms with Crippen molar-refractivity contribution in [3.05, 3.63) is 0 Å². The molecule has 16 heavy (non-hydrogen) atoms. The second kappa shape index (κ2) is 6.49. The summed E-state index contributed by atoms with van der Waals surface area (Å²) in [5.41, 5.74) is -0.630. The van der Waals surface area contributed by atoms with Gasteiger partial charge in [-0.3, -0.25) is 4.79 Å². The quantitative estimate of drug-likeness (QED) is 0.718. The van der Waals surface area contributed by atoms with Gasteiger partial charge in [-0.2, -0.15) is 5.26 Å². The van der Waals surface area contributed by atoms with Crippen molar-refractivity contribution < 1.29 is 4.79 Å². The van der Waals surface area contributed by atoms with Crippen molar-refractivity contribution in [3.63, 3.8) is 0 Å². The Kier molecular flexibility index (Phi) is 6.05. The third kappa shape index (κ3) is 5.13. The number of nitriles is 1. The van der Waals surface area contributed by atoms with Gasteiger partial charge in [0.15, 0.2) is 0 Å². The number of nitrogens with one attached hydrogen (secondary N) is 2.